The van der Waals surface area contributed by atoms with E-state index in [4.69, 9.17) is 0 Å². The van der Waals surface area contributed by atoms with Crippen LogP contribution in [0.5, 0.6) is 0 Å². The molecule has 1 aliphatic rings. The first-order valence-corrected chi connectivity index (χ1v) is 7.41. The quantitative estimate of drug-likeness (QED) is 0.881. The van der Waals surface area contributed by atoms with Crippen LogP contribution in [0.3, 0.4) is 0 Å². The van der Waals surface area contributed by atoms with E-state index in [9.17, 15) is 9.59 Å². The molecule has 1 N–H and O–H groups in total. The largest absolute Gasteiger partial charge is 0.365 e. The third kappa shape index (κ3) is 4.16. The highest BCUT2D eigenvalue weighted by molar-refractivity contribution is 5.93. The van der Waals surface area contributed by atoms with Gasteiger partial charge < -0.3 is 15.1 Å². The van der Waals surface area contributed by atoms with Crippen molar-refractivity contribution in [3.05, 3.63) is 18.1 Å². The minimum Gasteiger partial charge on any atom is -0.365 e. The first kappa shape index (κ1) is 16.2. The minimum absolute atomic E-state index is 0.0470. The van der Waals surface area contributed by atoms with Crippen molar-refractivity contribution < 1.29 is 9.59 Å². The van der Waals surface area contributed by atoms with Gasteiger partial charge >= 0.3 is 0 Å². The standard InChI is InChI=1S/C15H23N5O2/c1-11(21)19-5-7-20(8-6-19)14(22)12-9-13(17-10-16-12)18-15(2,3)4/h9-10H,5-8H2,1-4H3,(H,16,17,18). The number of amides is 2. The zero-order chi connectivity index (χ0) is 16.3. The predicted octanol–water partition coefficient (Wildman–Crippen LogP) is 0.991. The summed E-state index contributed by atoms with van der Waals surface area (Å²) in [6.07, 6.45) is 1.40. The number of hydrogen-bond acceptors (Lipinski definition) is 5. The summed E-state index contributed by atoms with van der Waals surface area (Å²) in [5, 5.41) is 3.23. The number of carbonyl (C=O) groups excluding carboxylic acids is 2. The molecule has 0 spiro atoms. The van der Waals surface area contributed by atoms with E-state index in [1.54, 1.807) is 22.8 Å². The van der Waals surface area contributed by atoms with E-state index in [1.165, 1.54) is 6.33 Å². The molecule has 0 saturated carbocycles. The van der Waals surface area contributed by atoms with E-state index >= 15 is 0 Å². The lowest BCUT2D eigenvalue weighted by molar-refractivity contribution is -0.130. The molecule has 2 heterocycles. The second-order valence-electron chi connectivity index (χ2n) is 6.46. The summed E-state index contributed by atoms with van der Waals surface area (Å²) in [5.74, 6) is 0.557. The molecule has 120 valence electrons. The molecule has 1 aromatic rings. The van der Waals surface area contributed by atoms with Gasteiger partial charge in [0.2, 0.25) is 5.91 Å². The Bertz CT molecular complexity index is 559. The van der Waals surface area contributed by atoms with Gasteiger partial charge in [0, 0.05) is 44.7 Å². The number of carbonyl (C=O) groups is 2. The van der Waals surface area contributed by atoms with Crippen molar-refractivity contribution in [2.75, 3.05) is 31.5 Å². The number of aromatic nitrogens is 2. The maximum atomic E-state index is 12.5. The highest BCUT2D eigenvalue weighted by Crippen LogP contribution is 2.14. The van der Waals surface area contributed by atoms with Crippen molar-refractivity contribution in [2.45, 2.75) is 33.2 Å². The van der Waals surface area contributed by atoms with Gasteiger partial charge in [0.25, 0.3) is 5.91 Å². The van der Waals surface area contributed by atoms with Crippen LogP contribution in [0.1, 0.15) is 38.2 Å². The average molecular weight is 305 g/mol. The van der Waals surface area contributed by atoms with Gasteiger partial charge in [0.05, 0.1) is 0 Å². The molecule has 0 bridgehead atoms. The molecule has 1 aliphatic heterocycles. The fraction of sp³-hybridized carbons (Fsp3) is 0.600. The summed E-state index contributed by atoms with van der Waals surface area (Å²) in [6, 6.07) is 1.67. The van der Waals surface area contributed by atoms with Gasteiger partial charge in [-0.15, -0.1) is 0 Å². The van der Waals surface area contributed by atoms with Gasteiger partial charge in [0.1, 0.15) is 17.8 Å². The molecule has 1 aromatic heterocycles. The Balaban J connectivity index is 2.04. The number of nitrogens with one attached hydrogen (secondary N) is 1. The van der Waals surface area contributed by atoms with E-state index in [0.717, 1.165) is 0 Å². The van der Waals surface area contributed by atoms with Gasteiger partial charge in [-0.3, -0.25) is 9.59 Å². The van der Waals surface area contributed by atoms with Crippen molar-refractivity contribution >= 4 is 17.6 Å². The highest BCUT2D eigenvalue weighted by atomic mass is 16.2. The normalized spacial score (nSPS) is 15.6. The van der Waals surface area contributed by atoms with Gasteiger partial charge in [-0.1, -0.05) is 0 Å². The Morgan fingerprint density at radius 1 is 1.09 bits per heavy atom. The van der Waals surface area contributed by atoms with Crippen molar-refractivity contribution in [1.29, 1.82) is 0 Å². The minimum atomic E-state index is -0.137. The van der Waals surface area contributed by atoms with E-state index in [2.05, 4.69) is 15.3 Å². The molecule has 0 radical (unpaired) electrons. The van der Waals surface area contributed by atoms with Crippen molar-refractivity contribution in [3.8, 4) is 0 Å². The smallest absolute Gasteiger partial charge is 0.272 e. The lowest BCUT2D eigenvalue weighted by atomic mass is 10.1. The molecule has 22 heavy (non-hydrogen) atoms. The molecule has 0 atom stereocenters. The zero-order valence-electron chi connectivity index (χ0n) is 13.6. The van der Waals surface area contributed by atoms with Crippen LogP contribution in [-0.4, -0.2) is 63.3 Å². The van der Waals surface area contributed by atoms with Crippen molar-refractivity contribution in [2.24, 2.45) is 0 Å². The molecule has 1 fully saturated rings. The summed E-state index contributed by atoms with van der Waals surface area (Å²) < 4.78 is 0. The maximum absolute atomic E-state index is 12.5. The van der Waals surface area contributed by atoms with Crippen molar-refractivity contribution in [1.82, 2.24) is 19.8 Å². The van der Waals surface area contributed by atoms with Crippen molar-refractivity contribution in [3.63, 3.8) is 0 Å². The number of anilines is 1. The summed E-state index contributed by atoms with van der Waals surface area (Å²) in [4.78, 5) is 35.5. The SMILES string of the molecule is CC(=O)N1CCN(C(=O)c2cc(NC(C)(C)C)ncn2)CC1. The molecule has 0 aliphatic carbocycles. The van der Waals surface area contributed by atoms with Gasteiger partial charge in [0.15, 0.2) is 0 Å². The zero-order valence-corrected chi connectivity index (χ0v) is 13.6. The fourth-order valence-corrected chi connectivity index (χ4v) is 2.31. The fourth-order valence-electron chi connectivity index (χ4n) is 2.31. The summed E-state index contributed by atoms with van der Waals surface area (Å²) in [7, 11) is 0. The van der Waals surface area contributed by atoms with Crippen LogP contribution in [0.25, 0.3) is 0 Å². The second kappa shape index (κ2) is 6.29. The first-order chi connectivity index (χ1) is 10.3. The van der Waals surface area contributed by atoms with Crippen LogP contribution in [0.15, 0.2) is 12.4 Å². The summed E-state index contributed by atoms with van der Waals surface area (Å²) in [6.45, 7) is 9.83. The summed E-state index contributed by atoms with van der Waals surface area (Å²) >= 11 is 0. The monoisotopic (exact) mass is 305 g/mol. The Kier molecular flexibility index (Phi) is 4.63. The maximum Gasteiger partial charge on any atom is 0.272 e. The van der Waals surface area contributed by atoms with E-state index < -0.39 is 0 Å². The number of piperazine rings is 1. The number of rotatable bonds is 2. The lowest BCUT2D eigenvalue weighted by Crippen LogP contribution is -2.50. The molecule has 2 amide bonds. The van der Waals surface area contributed by atoms with Gasteiger partial charge in [-0.25, -0.2) is 9.97 Å². The van der Waals surface area contributed by atoms with Crippen LogP contribution in [0.4, 0.5) is 5.82 Å². The van der Waals surface area contributed by atoms with E-state index in [1.807, 2.05) is 20.8 Å². The van der Waals surface area contributed by atoms with Crippen LogP contribution in [0.2, 0.25) is 0 Å². The Morgan fingerprint density at radius 3 is 2.23 bits per heavy atom. The van der Waals surface area contributed by atoms with Crippen LogP contribution < -0.4 is 5.32 Å². The first-order valence-electron chi connectivity index (χ1n) is 7.41. The molecule has 0 unspecified atom stereocenters. The topological polar surface area (TPSA) is 78.4 Å². The lowest BCUT2D eigenvalue weighted by Gasteiger charge is -2.34. The third-order valence-electron chi connectivity index (χ3n) is 3.40. The predicted molar refractivity (Wildman–Crippen MR) is 83.6 cm³/mol. The number of nitrogens with zero attached hydrogens (tertiary/aromatic N) is 4. The number of hydrogen-bond donors (Lipinski definition) is 1. The molecule has 7 heteroatoms. The molecular formula is C15H23N5O2. The molecule has 2 rings (SSSR count). The van der Waals surface area contributed by atoms with E-state index in [0.29, 0.717) is 37.7 Å². The van der Waals surface area contributed by atoms with Gasteiger partial charge in [-0.2, -0.15) is 0 Å². The van der Waals surface area contributed by atoms with E-state index in [-0.39, 0.29) is 17.4 Å². The Morgan fingerprint density at radius 2 is 1.68 bits per heavy atom. The highest BCUT2D eigenvalue weighted by Gasteiger charge is 2.24. The van der Waals surface area contributed by atoms with Crippen LogP contribution >= 0.6 is 0 Å². The molecule has 7 nitrogen and oxygen atoms in total. The Labute approximate surface area is 130 Å². The molecule has 1 saturated heterocycles. The second-order valence-corrected chi connectivity index (χ2v) is 6.46. The van der Waals surface area contributed by atoms with Gasteiger partial charge in [-0.05, 0) is 20.8 Å². The Hall–Kier alpha value is -2.18. The third-order valence-corrected chi connectivity index (χ3v) is 3.40. The molecule has 0 aromatic carbocycles. The molecular weight excluding hydrogens is 282 g/mol. The van der Waals surface area contributed by atoms with Crippen LogP contribution in [-0.2, 0) is 4.79 Å². The summed E-state index contributed by atoms with van der Waals surface area (Å²) in [5.41, 5.74) is 0.236. The van der Waals surface area contributed by atoms with Crippen LogP contribution in [0, 0.1) is 0 Å². The average Bonchev–Trinajstić information content (AvgIpc) is 2.45.